The molecule has 0 spiro atoms. The average molecular weight is 761 g/mol. The van der Waals surface area contributed by atoms with Crippen LogP contribution in [0.1, 0.15) is 22.8 Å². The van der Waals surface area contributed by atoms with Crippen molar-refractivity contribution in [3.05, 3.63) is 90.8 Å². The summed E-state index contributed by atoms with van der Waals surface area (Å²) < 4.78 is 4.81. The zero-order valence-corrected chi connectivity index (χ0v) is 25.1. The molecule has 175 valence electrons. The third kappa shape index (κ3) is 4.58. The third-order valence-corrected chi connectivity index (χ3v) is 8.53. The van der Waals surface area contributed by atoms with E-state index in [1.54, 1.807) is 0 Å². The third-order valence-electron chi connectivity index (χ3n) is 5.62. The fourth-order valence-electron chi connectivity index (χ4n) is 4.09. The molecule has 0 amide bonds. The van der Waals surface area contributed by atoms with Crippen LogP contribution >= 0.6 is 63.9 Å². The van der Waals surface area contributed by atoms with E-state index >= 15 is 0 Å². The monoisotopic (exact) mass is 757 g/mol. The molecule has 5 heterocycles. The summed E-state index contributed by atoms with van der Waals surface area (Å²) in [6.07, 6.45) is 8.04. The Morgan fingerprint density at radius 1 is 0.714 bits per heavy atom. The van der Waals surface area contributed by atoms with Gasteiger partial charge in [-0.1, -0.05) is 30.3 Å². The molecule has 0 atom stereocenters. The Morgan fingerprint density at radius 2 is 1.31 bits per heavy atom. The van der Waals surface area contributed by atoms with E-state index in [9.17, 15) is 0 Å². The van der Waals surface area contributed by atoms with Crippen molar-refractivity contribution in [2.75, 3.05) is 0 Å². The number of benzene rings is 1. The number of aromatic amines is 1. The molecule has 0 saturated carbocycles. The molecule has 9 heteroatoms. The molecule has 0 unspecified atom stereocenters. The number of nitrogens with one attached hydrogen (secondary N) is 1. The first-order valence-electron chi connectivity index (χ1n) is 10.4. The van der Waals surface area contributed by atoms with Crippen LogP contribution in [0.2, 0.25) is 0 Å². The number of hydrogen-bond acceptors (Lipinski definition) is 2. The Morgan fingerprint density at radius 3 is 1.97 bits per heavy atom. The second-order valence-electron chi connectivity index (χ2n) is 7.85. The van der Waals surface area contributed by atoms with Crippen molar-refractivity contribution in [1.29, 1.82) is 0 Å². The number of hydrogen-bond donors (Lipinski definition) is 1. The molecule has 0 aliphatic carbocycles. The summed E-state index contributed by atoms with van der Waals surface area (Å²) in [6.45, 7) is 0. The van der Waals surface area contributed by atoms with Crippen LogP contribution in [0.4, 0.5) is 0 Å². The number of halogens is 4. The first-order valence-corrected chi connectivity index (χ1v) is 13.5. The SMILES string of the molecule is Brc1cc2cc3nc(cc4nc(cc5c(-c6ccccc6)c(Br)c(c(Br)c1[nH]2)n5Br)C=C4)C=C3.[Co]. The zero-order chi connectivity index (χ0) is 23.4. The minimum atomic E-state index is 0. The molecule has 2 aliphatic rings. The average Bonchev–Trinajstić information content (AvgIpc) is 3.58. The van der Waals surface area contributed by atoms with Crippen LogP contribution in [-0.2, 0) is 16.8 Å². The van der Waals surface area contributed by atoms with E-state index in [1.807, 2.05) is 58.2 Å². The van der Waals surface area contributed by atoms with Crippen LogP contribution in [-0.4, -0.2) is 18.5 Å². The Kier molecular flexibility index (Phi) is 7.09. The molecule has 2 aliphatic heterocycles. The van der Waals surface area contributed by atoms with Crippen molar-refractivity contribution < 1.29 is 16.8 Å². The predicted molar refractivity (Wildman–Crippen MR) is 155 cm³/mol. The van der Waals surface area contributed by atoms with Gasteiger partial charge in [-0.3, -0.25) is 3.59 Å². The van der Waals surface area contributed by atoms with E-state index in [2.05, 4.69) is 93.2 Å². The Labute approximate surface area is 245 Å². The molecular weight excluding hydrogens is 747 g/mol. The minimum absolute atomic E-state index is 0. The van der Waals surface area contributed by atoms with E-state index < -0.39 is 0 Å². The summed E-state index contributed by atoms with van der Waals surface area (Å²) in [5.74, 6) is 0. The van der Waals surface area contributed by atoms with Crippen LogP contribution < -0.4 is 0 Å². The predicted octanol–water partition coefficient (Wildman–Crippen LogP) is 9.24. The summed E-state index contributed by atoms with van der Waals surface area (Å²) in [6, 6.07) is 18.5. The van der Waals surface area contributed by atoms with Gasteiger partial charge in [-0.05, 0) is 102 Å². The molecule has 4 aromatic rings. The Bertz CT molecular complexity index is 1700. The topological polar surface area (TPSA) is 46.5 Å². The maximum atomic E-state index is 4.81. The number of aromatic nitrogens is 4. The first kappa shape index (κ1) is 24.9. The van der Waals surface area contributed by atoms with Gasteiger partial charge in [0, 0.05) is 32.3 Å². The van der Waals surface area contributed by atoms with Crippen molar-refractivity contribution in [1.82, 2.24) is 18.5 Å². The van der Waals surface area contributed by atoms with Gasteiger partial charge in [-0.25, -0.2) is 9.97 Å². The smallest absolute Gasteiger partial charge is 0.0838 e. The van der Waals surface area contributed by atoms with E-state index in [4.69, 9.17) is 9.97 Å². The fraction of sp³-hybridized carbons (Fsp3) is 0. The Balaban J connectivity index is 0.00000253. The number of rotatable bonds is 1. The van der Waals surface area contributed by atoms with Crippen molar-refractivity contribution in [2.45, 2.75) is 0 Å². The maximum absolute atomic E-state index is 4.81. The quantitative estimate of drug-likeness (QED) is 0.182. The van der Waals surface area contributed by atoms with Crippen LogP contribution in [0.25, 0.3) is 57.5 Å². The summed E-state index contributed by atoms with van der Waals surface area (Å²) in [5.41, 5.74) is 9.46. The molecule has 8 bridgehead atoms. The second kappa shape index (κ2) is 9.95. The summed E-state index contributed by atoms with van der Waals surface area (Å²) in [7, 11) is 0. The van der Waals surface area contributed by atoms with Gasteiger partial charge in [0.2, 0.25) is 0 Å². The van der Waals surface area contributed by atoms with Crippen LogP contribution in [0.5, 0.6) is 0 Å². The summed E-state index contributed by atoms with van der Waals surface area (Å²) >= 11 is 15.3. The summed E-state index contributed by atoms with van der Waals surface area (Å²) in [5, 5.41) is 0. The molecule has 6 rings (SSSR count). The van der Waals surface area contributed by atoms with Crippen molar-refractivity contribution >= 4 is 110 Å². The van der Waals surface area contributed by atoms with Crippen LogP contribution in [0.3, 0.4) is 0 Å². The van der Waals surface area contributed by atoms with E-state index in [-0.39, 0.29) is 16.8 Å². The molecule has 1 aromatic carbocycles. The van der Waals surface area contributed by atoms with E-state index in [0.717, 1.165) is 69.4 Å². The van der Waals surface area contributed by atoms with Crippen molar-refractivity contribution in [3.8, 4) is 11.1 Å². The standard InChI is InChI=1S/C26H14Br4N4.Co/c27-20-12-19-11-17-7-6-15(31-17)10-16-8-9-18(32-16)13-21-22(14-4-2-1-3-5-14)23(28)26(34(21)30)24(29)25(20)33-19;/h1-13,33H;. The molecule has 35 heavy (non-hydrogen) atoms. The van der Waals surface area contributed by atoms with E-state index in [0.29, 0.717) is 0 Å². The molecule has 0 fully saturated rings. The number of fused-ring (bicyclic) bond motifs is 8. The number of nitrogens with zero attached hydrogens (tertiary/aromatic N) is 3. The number of H-pyrrole nitrogens is 1. The van der Waals surface area contributed by atoms with Gasteiger partial charge in [0.05, 0.1) is 64.4 Å². The van der Waals surface area contributed by atoms with Crippen LogP contribution in [0, 0.1) is 0 Å². The van der Waals surface area contributed by atoms with Crippen molar-refractivity contribution in [3.63, 3.8) is 0 Å². The maximum Gasteiger partial charge on any atom is 0.0838 e. The minimum Gasteiger partial charge on any atom is -0.354 e. The van der Waals surface area contributed by atoms with Gasteiger partial charge in [0.15, 0.2) is 0 Å². The van der Waals surface area contributed by atoms with E-state index in [1.165, 1.54) is 0 Å². The van der Waals surface area contributed by atoms with Gasteiger partial charge in [0.25, 0.3) is 0 Å². The van der Waals surface area contributed by atoms with Gasteiger partial charge in [-0.15, -0.1) is 0 Å². The molecule has 1 radical (unpaired) electrons. The second-order valence-corrected chi connectivity index (χ2v) is 11.0. The first-order chi connectivity index (χ1) is 16.5. The molecular formula is C26H14Br4CoN4. The van der Waals surface area contributed by atoms with Crippen LogP contribution in [0.15, 0.2) is 68.0 Å². The normalized spacial score (nSPS) is 12.1. The molecule has 0 saturated heterocycles. The van der Waals surface area contributed by atoms with Gasteiger partial charge in [-0.2, -0.15) is 0 Å². The van der Waals surface area contributed by atoms with Gasteiger partial charge >= 0.3 is 0 Å². The largest absolute Gasteiger partial charge is 0.354 e. The van der Waals surface area contributed by atoms with Crippen molar-refractivity contribution in [2.24, 2.45) is 0 Å². The zero-order valence-electron chi connectivity index (χ0n) is 17.7. The Hall–Kier alpha value is -1.75. The van der Waals surface area contributed by atoms with Gasteiger partial charge in [0.1, 0.15) is 0 Å². The fourth-order valence-corrected chi connectivity index (χ4v) is 7.77. The molecule has 1 N–H and O–H groups in total. The molecule has 4 nitrogen and oxygen atoms in total. The van der Waals surface area contributed by atoms with Gasteiger partial charge < -0.3 is 4.98 Å². The summed E-state index contributed by atoms with van der Waals surface area (Å²) in [4.78, 5) is 13.0. The molecule has 3 aromatic heterocycles.